The molecule has 0 aliphatic rings. The Labute approximate surface area is 293 Å². The van der Waals surface area contributed by atoms with Crippen LogP contribution in [0.5, 0.6) is 0 Å². The number of nitrogens with two attached hydrogens (primary N) is 2. The van der Waals surface area contributed by atoms with E-state index in [0.29, 0.717) is 6.42 Å². The molecule has 0 spiro atoms. The number of carboxylic acid groups (broad SMARTS) is 1. The molecule has 1 heterocycles. The van der Waals surface area contributed by atoms with E-state index in [-0.39, 0.29) is 30.9 Å². The number of benzene rings is 1. The van der Waals surface area contributed by atoms with Crippen molar-refractivity contribution in [3.63, 3.8) is 0 Å². The first-order valence-electron chi connectivity index (χ1n) is 15.8. The third-order valence-corrected chi connectivity index (χ3v) is 8.05. The van der Waals surface area contributed by atoms with Crippen LogP contribution in [0.4, 0.5) is 0 Å². The van der Waals surface area contributed by atoms with Crippen LogP contribution in [0.25, 0.3) is 10.9 Å². The zero-order valence-corrected chi connectivity index (χ0v) is 28.6. The summed E-state index contributed by atoms with van der Waals surface area (Å²) >= 11 is 4.06. The first-order chi connectivity index (χ1) is 23.7. The van der Waals surface area contributed by atoms with Crippen molar-refractivity contribution in [3.8, 4) is 0 Å². The molecule has 0 bridgehead atoms. The number of aliphatic carboxylic acids is 1. The number of hydrogen-bond acceptors (Lipinski definition) is 10. The van der Waals surface area contributed by atoms with Gasteiger partial charge in [-0.15, -0.1) is 0 Å². The fourth-order valence-electron chi connectivity index (χ4n) is 4.64. The molecule has 0 radical (unpaired) electrons. The lowest BCUT2D eigenvalue weighted by Gasteiger charge is -2.22. The summed E-state index contributed by atoms with van der Waals surface area (Å²) in [5, 5.41) is 24.3. The molecular weight excluding hydrogens is 674 g/mol. The lowest BCUT2D eigenvalue weighted by molar-refractivity contribution is -0.143. The van der Waals surface area contributed by atoms with Crippen LogP contribution in [-0.2, 0) is 44.8 Å². The van der Waals surface area contributed by atoms with Crippen molar-refractivity contribution in [2.24, 2.45) is 17.4 Å². The van der Waals surface area contributed by atoms with E-state index in [0.717, 1.165) is 16.5 Å². The van der Waals surface area contributed by atoms with Gasteiger partial charge >= 0.3 is 5.97 Å². The second-order valence-electron chi connectivity index (χ2n) is 11.5. The lowest BCUT2D eigenvalue weighted by atomic mass is 9.99. The van der Waals surface area contributed by atoms with Crippen LogP contribution in [0, 0.1) is 5.92 Å². The Morgan fingerprint density at radius 3 is 2.10 bits per heavy atom. The molecular formula is C31H45N9O9S. The van der Waals surface area contributed by atoms with Crippen molar-refractivity contribution < 1.29 is 43.5 Å². The molecule has 19 heteroatoms. The van der Waals surface area contributed by atoms with Gasteiger partial charge in [0.25, 0.3) is 0 Å². The second kappa shape index (κ2) is 20.4. The zero-order chi connectivity index (χ0) is 37.4. The highest BCUT2D eigenvalue weighted by molar-refractivity contribution is 7.80. The van der Waals surface area contributed by atoms with Gasteiger partial charge < -0.3 is 53.5 Å². The summed E-state index contributed by atoms with van der Waals surface area (Å²) in [7, 11) is 0. The van der Waals surface area contributed by atoms with Gasteiger partial charge in [0.05, 0.1) is 25.7 Å². The highest BCUT2D eigenvalue weighted by atomic mass is 32.1. The molecule has 0 saturated heterocycles. The predicted octanol–water partition coefficient (Wildman–Crippen LogP) is -2.83. The van der Waals surface area contributed by atoms with Crippen molar-refractivity contribution in [2.75, 3.05) is 25.4 Å². The Morgan fingerprint density at radius 2 is 1.46 bits per heavy atom. The maximum Gasteiger partial charge on any atom is 0.326 e. The SMILES string of the molecule is CCC(C)C(NC(=O)CNC(=O)CNC(=O)C(CS)NC(=O)C(CCC(N)=O)NC(=O)CNC(=O)C(N)Cc1c[nH]c2ccccc12)C(=O)O. The molecule has 1 aromatic carbocycles. The first-order valence-corrected chi connectivity index (χ1v) is 16.4. The lowest BCUT2D eigenvalue weighted by Crippen LogP contribution is -2.56. The van der Waals surface area contributed by atoms with Crippen LogP contribution < -0.4 is 43.4 Å². The Morgan fingerprint density at radius 1 is 0.840 bits per heavy atom. The minimum absolute atomic E-state index is 0.191. The molecule has 5 unspecified atom stereocenters. The molecule has 0 aliphatic carbocycles. The van der Waals surface area contributed by atoms with E-state index in [9.17, 15) is 43.5 Å². The van der Waals surface area contributed by atoms with Gasteiger partial charge in [-0.2, -0.15) is 12.6 Å². The van der Waals surface area contributed by atoms with E-state index in [1.54, 1.807) is 20.0 Å². The van der Waals surface area contributed by atoms with Gasteiger partial charge in [-0.3, -0.25) is 33.6 Å². The summed E-state index contributed by atoms with van der Waals surface area (Å²) in [6.07, 6.45) is 1.91. The number of thiol groups is 1. The summed E-state index contributed by atoms with van der Waals surface area (Å²) in [5.41, 5.74) is 13.0. The van der Waals surface area contributed by atoms with Gasteiger partial charge in [0.1, 0.15) is 18.1 Å². The fourth-order valence-corrected chi connectivity index (χ4v) is 4.89. The number of nitrogens with one attached hydrogen (secondary N) is 7. The Bertz CT molecular complexity index is 1550. The monoisotopic (exact) mass is 719 g/mol. The highest BCUT2D eigenvalue weighted by Gasteiger charge is 2.28. The average Bonchev–Trinajstić information content (AvgIpc) is 3.49. The van der Waals surface area contributed by atoms with Crippen LogP contribution >= 0.6 is 12.6 Å². The Kier molecular flexibility index (Phi) is 16.7. The van der Waals surface area contributed by atoms with Crippen molar-refractivity contribution >= 4 is 70.9 Å². The summed E-state index contributed by atoms with van der Waals surface area (Å²) in [5.74, 6) is -7.16. The van der Waals surface area contributed by atoms with Crippen molar-refractivity contribution in [1.29, 1.82) is 0 Å². The number of aromatic amines is 1. The fraction of sp³-hybridized carbons (Fsp3) is 0.484. The van der Waals surface area contributed by atoms with E-state index in [1.165, 1.54) is 0 Å². The number of primary amides is 1. The van der Waals surface area contributed by atoms with Gasteiger partial charge in [0, 0.05) is 29.3 Å². The Hall–Kier alpha value is -5.17. The van der Waals surface area contributed by atoms with E-state index >= 15 is 0 Å². The number of aromatic nitrogens is 1. The maximum atomic E-state index is 13.0. The summed E-state index contributed by atoms with van der Waals surface area (Å²) in [6, 6.07) is 2.73. The molecule has 2 rings (SSSR count). The topological polar surface area (TPSA) is 297 Å². The van der Waals surface area contributed by atoms with Gasteiger partial charge in [-0.05, 0) is 30.4 Å². The summed E-state index contributed by atoms with van der Waals surface area (Å²) in [6.45, 7) is 1.74. The number of fused-ring (bicyclic) bond motifs is 1. The largest absolute Gasteiger partial charge is 0.480 e. The van der Waals surface area contributed by atoms with E-state index in [1.807, 2.05) is 24.3 Å². The molecule has 5 atom stereocenters. The highest BCUT2D eigenvalue weighted by Crippen LogP contribution is 2.18. The minimum atomic E-state index is -1.34. The molecule has 0 saturated carbocycles. The molecule has 18 nitrogen and oxygen atoms in total. The van der Waals surface area contributed by atoms with Crippen molar-refractivity contribution in [2.45, 2.75) is 63.7 Å². The van der Waals surface area contributed by atoms with Crippen LogP contribution in [0.2, 0.25) is 0 Å². The number of amides is 7. The van der Waals surface area contributed by atoms with Gasteiger partial charge in [-0.25, -0.2) is 4.79 Å². The van der Waals surface area contributed by atoms with Crippen molar-refractivity contribution in [3.05, 3.63) is 36.0 Å². The number of para-hydroxylation sites is 1. The molecule has 50 heavy (non-hydrogen) atoms. The minimum Gasteiger partial charge on any atom is -0.480 e. The molecule has 2 aromatic rings. The molecule has 0 aliphatic heterocycles. The normalized spacial score (nSPS) is 13.8. The van der Waals surface area contributed by atoms with Gasteiger partial charge in [0.2, 0.25) is 41.4 Å². The van der Waals surface area contributed by atoms with Crippen LogP contribution in [0.1, 0.15) is 38.7 Å². The molecule has 274 valence electrons. The third-order valence-electron chi connectivity index (χ3n) is 7.69. The summed E-state index contributed by atoms with van der Waals surface area (Å²) < 4.78 is 0. The first kappa shape index (κ1) is 41.0. The summed E-state index contributed by atoms with van der Waals surface area (Å²) in [4.78, 5) is 101. The Balaban J connectivity index is 1.87. The molecule has 0 fully saturated rings. The smallest absolute Gasteiger partial charge is 0.326 e. The predicted molar refractivity (Wildman–Crippen MR) is 184 cm³/mol. The number of H-pyrrole nitrogens is 1. The number of carbonyl (C=O) groups is 8. The standard InChI is InChI=1S/C31H45N9O9S/c1-3-16(2)27(31(48)49)40-26(44)13-35-24(42)12-37-29(46)22(15-50)39-30(47)21(8-9-23(33)41)38-25(43)14-36-28(45)19(32)10-17-11-34-20-7-5-4-6-18(17)20/h4-7,11,16,19,21-22,27,34,50H,3,8-10,12-15,32H2,1-2H3,(H2,33,41)(H,35,42)(H,36,45)(H,37,46)(H,38,43)(H,39,47)(H,40,44)(H,48,49). The number of hydrogen-bond donors (Lipinski definition) is 11. The maximum absolute atomic E-state index is 13.0. The second-order valence-corrected chi connectivity index (χ2v) is 11.9. The number of carbonyl (C=O) groups excluding carboxylic acids is 7. The van der Waals surface area contributed by atoms with Crippen LogP contribution in [0.15, 0.2) is 30.5 Å². The quantitative estimate of drug-likeness (QED) is 0.0588. The van der Waals surface area contributed by atoms with Gasteiger partial charge in [0.15, 0.2) is 0 Å². The third kappa shape index (κ3) is 13.4. The van der Waals surface area contributed by atoms with E-state index in [2.05, 4.69) is 49.5 Å². The van der Waals surface area contributed by atoms with Crippen molar-refractivity contribution in [1.82, 2.24) is 36.9 Å². The average molecular weight is 720 g/mol. The van der Waals surface area contributed by atoms with E-state index < -0.39 is 91.1 Å². The molecule has 12 N–H and O–H groups in total. The molecule has 1 aromatic heterocycles. The van der Waals surface area contributed by atoms with E-state index in [4.69, 9.17) is 11.5 Å². The number of rotatable bonds is 21. The number of carboxylic acids is 1. The zero-order valence-electron chi connectivity index (χ0n) is 27.7. The molecule has 7 amide bonds. The van der Waals surface area contributed by atoms with Crippen LogP contribution in [0.3, 0.4) is 0 Å². The van der Waals surface area contributed by atoms with Gasteiger partial charge in [-0.1, -0.05) is 38.5 Å². The van der Waals surface area contributed by atoms with Crippen LogP contribution in [-0.4, -0.2) is 107 Å².